The Bertz CT molecular complexity index is 4800. The van der Waals surface area contributed by atoms with Gasteiger partial charge in [0.05, 0.1) is 22.7 Å². The summed E-state index contributed by atoms with van der Waals surface area (Å²) in [6.07, 6.45) is 1.03. The fraction of sp³-hybridized carbons (Fsp3) is 0.0103. The molecule has 12 heteroatoms. The van der Waals surface area contributed by atoms with Crippen LogP contribution in [0.4, 0.5) is 68.2 Å². The smallest absolute Gasteiger partial charge is 0.131 e. The van der Waals surface area contributed by atoms with Crippen molar-refractivity contribution in [1.82, 2.24) is 0 Å². The summed E-state index contributed by atoms with van der Waals surface area (Å²) in [7, 11) is 0. The molecule has 109 heavy (non-hydrogen) atoms. The average molecular weight is 1680 g/mol. The molecule has 0 saturated heterocycles. The number of hydrogen-bond acceptors (Lipinski definition) is 8. The summed E-state index contributed by atoms with van der Waals surface area (Å²) in [6.45, 7) is 0. The maximum Gasteiger partial charge on any atom is 0.131 e. The molecule has 0 aromatic heterocycles. The van der Waals surface area contributed by atoms with Crippen LogP contribution < -0.4 is 38.5 Å². The Morgan fingerprint density at radius 1 is 0.156 bits per heavy atom. The number of ether oxygens (including phenoxy) is 4. The predicted molar refractivity (Wildman–Crippen MR) is 464 cm³/mol. The molecule has 0 bridgehead atoms. The van der Waals surface area contributed by atoms with E-state index in [0.29, 0.717) is 34.5 Å². The number of benzene rings is 16. The first kappa shape index (κ1) is 73.7. The quantitative estimate of drug-likeness (QED) is 0.0665. The fourth-order valence-corrected chi connectivity index (χ4v) is 15.0. The number of nitrogens with zero attached hydrogens (tertiary/aromatic N) is 4. The van der Waals surface area contributed by atoms with Crippen LogP contribution in [0.5, 0.6) is 46.0 Å². The van der Waals surface area contributed by atoms with Crippen LogP contribution in [0.3, 0.4) is 0 Å². The summed E-state index contributed by atoms with van der Waals surface area (Å²) in [4.78, 5) is 9.04. The molecule has 0 amide bonds. The molecule has 0 atom stereocenters. The maximum atomic E-state index is 6.99. The molecule has 0 aliphatic carbocycles. The fourth-order valence-electron chi connectivity index (χ4n) is 12.5. The van der Waals surface area contributed by atoms with Crippen molar-refractivity contribution >= 4 is 132 Å². The van der Waals surface area contributed by atoms with Gasteiger partial charge in [0.25, 0.3) is 0 Å². The summed E-state index contributed by atoms with van der Waals surface area (Å²) < 4.78 is 29.6. The molecule has 0 unspecified atom stereocenters. The molecular formula is C97H72Br4N4O4. The second kappa shape index (κ2) is 36.9. The molecule has 0 saturated carbocycles. The number of hydrogen-bond donors (Lipinski definition) is 0. The van der Waals surface area contributed by atoms with E-state index in [1.807, 2.05) is 133 Å². The summed E-state index contributed by atoms with van der Waals surface area (Å²) in [5.41, 5.74) is 14.6. The van der Waals surface area contributed by atoms with Crippen molar-refractivity contribution in [1.29, 1.82) is 0 Å². The highest BCUT2D eigenvalue weighted by molar-refractivity contribution is 9.11. The van der Waals surface area contributed by atoms with Crippen molar-refractivity contribution < 1.29 is 18.9 Å². The second-order valence-electron chi connectivity index (χ2n) is 25.1. The summed E-state index contributed by atoms with van der Waals surface area (Å²) >= 11 is 13.8. The van der Waals surface area contributed by atoms with Crippen LogP contribution in [0.15, 0.2) is 443 Å². The van der Waals surface area contributed by atoms with Crippen LogP contribution >= 0.6 is 63.7 Å². The molecule has 0 spiro atoms. The van der Waals surface area contributed by atoms with Crippen LogP contribution in [0.1, 0.15) is 11.1 Å². The Kier molecular flexibility index (Phi) is 25.0. The van der Waals surface area contributed by atoms with Crippen molar-refractivity contribution in [3.8, 4) is 46.0 Å². The molecule has 0 radical (unpaired) electrons. The van der Waals surface area contributed by atoms with E-state index in [2.05, 4.69) is 375 Å². The zero-order valence-corrected chi connectivity index (χ0v) is 65.4. The average Bonchev–Trinajstić information content (AvgIpc) is 0.784. The normalized spacial score (nSPS) is 10.6. The lowest BCUT2D eigenvalue weighted by molar-refractivity contribution is 0.459. The molecule has 16 rings (SSSR count). The van der Waals surface area contributed by atoms with Gasteiger partial charge >= 0.3 is 0 Å². The Balaban J connectivity index is 0.000000217. The predicted octanol–water partition coefficient (Wildman–Crippen LogP) is 30.7. The van der Waals surface area contributed by atoms with Gasteiger partial charge in [0, 0.05) is 99.8 Å². The van der Waals surface area contributed by atoms with Crippen LogP contribution in [-0.4, -0.2) is 0 Å². The van der Waals surface area contributed by atoms with E-state index in [1.54, 1.807) is 0 Å². The molecule has 16 aromatic rings. The number of halogens is 4. The van der Waals surface area contributed by atoms with Gasteiger partial charge in [0.15, 0.2) is 0 Å². The zero-order valence-electron chi connectivity index (χ0n) is 59.1. The topological polar surface area (TPSA) is 49.9 Å². The molecule has 8 nitrogen and oxygen atoms in total. The van der Waals surface area contributed by atoms with Crippen LogP contribution in [0.2, 0.25) is 0 Å². The minimum absolute atomic E-state index is 0.620. The van der Waals surface area contributed by atoms with Crippen LogP contribution in [-0.2, 0) is 6.42 Å². The monoisotopic (exact) mass is 1670 g/mol. The molecule has 0 fully saturated rings. The lowest BCUT2D eigenvalue weighted by Crippen LogP contribution is -2.13. The van der Waals surface area contributed by atoms with Gasteiger partial charge in [0.2, 0.25) is 0 Å². The van der Waals surface area contributed by atoms with Gasteiger partial charge in [-0.25, -0.2) is 0 Å². The molecular weight excluding hydrogens is 1600 g/mol. The Hall–Kier alpha value is -12.2. The second-order valence-corrected chi connectivity index (χ2v) is 28.8. The summed E-state index contributed by atoms with van der Waals surface area (Å²) in [5, 5.41) is 0. The molecule has 16 aromatic carbocycles. The Labute approximate surface area is 671 Å². The van der Waals surface area contributed by atoms with E-state index in [4.69, 9.17) is 18.9 Å². The zero-order chi connectivity index (χ0) is 74.4. The lowest BCUT2D eigenvalue weighted by Gasteiger charge is -2.30. The largest absolute Gasteiger partial charge is 0.457 e. The first-order chi connectivity index (χ1) is 53.6. The summed E-state index contributed by atoms with van der Waals surface area (Å²) in [5.74, 6) is 5.42. The molecule has 0 N–H and O–H groups in total. The first-order valence-corrected chi connectivity index (χ1v) is 38.6. The van der Waals surface area contributed by atoms with E-state index in [9.17, 15) is 0 Å². The van der Waals surface area contributed by atoms with Crippen molar-refractivity contribution in [2.24, 2.45) is 0 Å². The van der Waals surface area contributed by atoms with Crippen LogP contribution in [0.25, 0.3) is 0 Å². The number of anilines is 12. The highest BCUT2D eigenvalue weighted by atomic mass is 79.9. The van der Waals surface area contributed by atoms with Crippen molar-refractivity contribution in [2.45, 2.75) is 6.42 Å². The third kappa shape index (κ3) is 20.3. The van der Waals surface area contributed by atoms with Gasteiger partial charge in [-0.2, -0.15) is 0 Å². The van der Waals surface area contributed by atoms with Gasteiger partial charge in [-0.15, -0.1) is 0 Å². The van der Waals surface area contributed by atoms with Gasteiger partial charge in [-0.05, 0) is 187 Å². The standard InChI is InChI=1S/C66H50N4O2.C18H10Br4O2.C13H12/c1-9-26-51(27-10-1)67(52-28-11-2-12-29-52)59-44-60(68(53-30-13-3-14-31-53)54-32-15-4-16-33-54)47-65(46-59)71-63-42-25-43-64(50-63)72-66-48-61(69(55-34-17-5-18-35-55)56-36-19-6-20-37-56)45-62(49-66)70(57-38-21-7-22-39-57)58-40-23-8-24-41-58;19-11-4-12(20)7-17(6-11)23-15-2-1-3-16(10-15)24-18-8-13(21)5-14(22)9-18;1-3-7-12(8-4-1)11-13-9-5-2-6-10-13/h1-50H;1-10H;1-10H,11H2. The van der Waals surface area contributed by atoms with Gasteiger partial charge < -0.3 is 38.5 Å². The van der Waals surface area contributed by atoms with Crippen molar-refractivity contribution in [3.63, 3.8) is 0 Å². The maximum absolute atomic E-state index is 6.99. The van der Waals surface area contributed by atoms with E-state index in [0.717, 1.165) is 104 Å². The van der Waals surface area contributed by atoms with E-state index in [-0.39, 0.29) is 0 Å². The Morgan fingerprint density at radius 2 is 0.339 bits per heavy atom. The molecule has 0 aliphatic rings. The van der Waals surface area contributed by atoms with Crippen molar-refractivity contribution in [3.05, 3.63) is 454 Å². The van der Waals surface area contributed by atoms with E-state index in [1.165, 1.54) is 11.1 Å². The minimum Gasteiger partial charge on any atom is -0.457 e. The van der Waals surface area contributed by atoms with Crippen LogP contribution in [0, 0.1) is 0 Å². The minimum atomic E-state index is 0.620. The van der Waals surface area contributed by atoms with Gasteiger partial charge in [-0.3, -0.25) is 0 Å². The number of para-hydroxylation sites is 8. The highest BCUT2D eigenvalue weighted by Crippen LogP contribution is 2.47. The van der Waals surface area contributed by atoms with E-state index >= 15 is 0 Å². The first-order valence-electron chi connectivity index (χ1n) is 35.5. The van der Waals surface area contributed by atoms with E-state index < -0.39 is 0 Å². The SMILES string of the molecule is Brc1cc(Br)cc(Oc2cccc(Oc3cc(Br)cc(Br)c3)c2)c1.c1ccc(Cc2ccccc2)cc1.c1ccc(N(c2ccccc2)c2cc(Oc3cccc(Oc4cc(N(c5ccccc5)c5ccccc5)cc(N(c5ccccc5)c5ccccc5)c4)c3)cc(N(c3ccccc3)c3ccccc3)c2)cc1. The van der Waals surface area contributed by atoms with Crippen molar-refractivity contribution in [2.75, 3.05) is 19.6 Å². The van der Waals surface area contributed by atoms with Gasteiger partial charge in [-0.1, -0.05) is 282 Å². The Morgan fingerprint density at radius 3 is 0.541 bits per heavy atom. The molecule has 532 valence electrons. The highest BCUT2D eigenvalue weighted by Gasteiger charge is 2.23. The van der Waals surface area contributed by atoms with Gasteiger partial charge in [0.1, 0.15) is 46.0 Å². The molecule has 0 heterocycles. The summed E-state index contributed by atoms with van der Waals surface area (Å²) in [6, 6.07) is 144. The number of rotatable bonds is 22. The third-order valence-electron chi connectivity index (χ3n) is 17.2. The third-order valence-corrected chi connectivity index (χ3v) is 19.1. The lowest BCUT2D eigenvalue weighted by atomic mass is 10.1. The molecule has 0 aliphatic heterocycles.